The first-order valence-electron chi connectivity index (χ1n) is 6.62. The topological polar surface area (TPSA) is 78.2 Å². The Bertz CT molecular complexity index is 715. The predicted molar refractivity (Wildman–Crippen MR) is 80.2 cm³/mol. The number of rotatable bonds is 3. The summed E-state index contributed by atoms with van der Waals surface area (Å²) in [6, 6.07) is 5.49. The van der Waals surface area contributed by atoms with Gasteiger partial charge in [-0.15, -0.1) is 0 Å². The van der Waals surface area contributed by atoms with Gasteiger partial charge in [-0.3, -0.25) is 4.79 Å². The monoisotopic (exact) mass is 302 g/mol. The van der Waals surface area contributed by atoms with E-state index in [4.69, 9.17) is 4.74 Å². The number of nitriles is 1. The highest BCUT2D eigenvalue weighted by Gasteiger charge is 2.29. The van der Waals surface area contributed by atoms with Crippen molar-refractivity contribution in [1.29, 1.82) is 5.26 Å². The molecule has 1 amide bonds. The van der Waals surface area contributed by atoms with Crippen LogP contribution in [0.4, 0.5) is 5.13 Å². The van der Waals surface area contributed by atoms with Crippen molar-refractivity contribution in [2.24, 2.45) is 5.92 Å². The SMILES string of the molecule is COc1ccc2nc(N(C#N)C(=O)C3CCNC3)sc2c1. The number of nitrogens with one attached hydrogen (secondary N) is 1. The minimum atomic E-state index is -0.187. The van der Waals surface area contributed by atoms with Gasteiger partial charge in [0.2, 0.25) is 11.0 Å². The molecule has 0 saturated carbocycles. The third-order valence-electron chi connectivity index (χ3n) is 3.51. The van der Waals surface area contributed by atoms with Gasteiger partial charge in [0.25, 0.3) is 0 Å². The number of methoxy groups -OCH3 is 1. The van der Waals surface area contributed by atoms with Gasteiger partial charge in [-0.25, -0.2) is 4.98 Å². The van der Waals surface area contributed by atoms with Crippen LogP contribution >= 0.6 is 11.3 Å². The molecule has 1 aliphatic heterocycles. The molecule has 1 aromatic heterocycles. The second-order valence-electron chi connectivity index (χ2n) is 4.79. The van der Waals surface area contributed by atoms with Crippen molar-refractivity contribution >= 4 is 32.6 Å². The highest BCUT2D eigenvalue weighted by molar-refractivity contribution is 7.22. The summed E-state index contributed by atoms with van der Waals surface area (Å²) in [5.41, 5.74) is 0.758. The maximum atomic E-state index is 12.4. The minimum absolute atomic E-state index is 0.147. The zero-order valence-electron chi connectivity index (χ0n) is 11.5. The quantitative estimate of drug-likeness (QED) is 0.690. The number of aromatic nitrogens is 1. The number of hydrogen-bond donors (Lipinski definition) is 1. The Labute approximate surface area is 125 Å². The number of thiazole rings is 1. The third kappa shape index (κ3) is 2.55. The molecule has 2 heterocycles. The van der Waals surface area contributed by atoms with Crippen LogP contribution in [0.2, 0.25) is 0 Å². The lowest BCUT2D eigenvalue weighted by Crippen LogP contribution is -2.33. The predicted octanol–water partition coefficient (Wildman–Crippen LogP) is 1.73. The Morgan fingerprint density at radius 2 is 2.48 bits per heavy atom. The molecule has 0 radical (unpaired) electrons. The maximum Gasteiger partial charge on any atom is 0.246 e. The number of ether oxygens (including phenoxy) is 1. The summed E-state index contributed by atoms with van der Waals surface area (Å²) in [5.74, 6) is 0.396. The number of hydrogen-bond acceptors (Lipinski definition) is 6. The Morgan fingerprint density at radius 1 is 1.62 bits per heavy atom. The molecule has 1 fully saturated rings. The van der Waals surface area contributed by atoms with E-state index >= 15 is 0 Å². The van der Waals surface area contributed by atoms with E-state index in [1.165, 1.54) is 11.3 Å². The van der Waals surface area contributed by atoms with Crippen molar-refractivity contribution in [1.82, 2.24) is 10.3 Å². The molecular formula is C14H14N4O2S. The summed E-state index contributed by atoms with van der Waals surface area (Å²) in [4.78, 5) is 17.9. The second-order valence-corrected chi connectivity index (χ2v) is 5.80. The zero-order valence-corrected chi connectivity index (χ0v) is 12.3. The van der Waals surface area contributed by atoms with Crippen LogP contribution in [0.3, 0.4) is 0 Å². The molecule has 3 rings (SSSR count). The van der Waals surface area contributed by atoms with Gasteiger partial charge >= 0.3 is 0 Å². The minimum Gasteiger partial charge on any atom is -0.497 e. The number of carbonyl (C=O) groups excluding carboxylic acids is 1. The molecular weight excluding hydrogens is 288 g/mol. The molecule has 6 nitrogen and oxygen atoms in total. The van der Waals surface area contributed by atoms with Crippen molar-refractivity contribution in [3.05, 3.63) is 18.2 Å². The van der Waals surface area contributed by atoms with E-state index < -0.39 is 0 Å². The van der Waals surface area contributed by atoms with Gasteiger partial charge in [0.05, 0.1) is 23.2 Å². The number of fused-ring (bicyclic) bond motifs is 1. The fourth-order valence-electron chi connectivity index (χ4n) is 2.35. The number of carbonyl (C=O) groups is 1. The Kier molecular flexibility index (Phi) is 3.73. The highest BCUT2D eigenvalue weighted by atomic mass is 32.1. The molecule has 2 aromatic rings. The van der Waals surface area contributed by atoms with Gasteiger partial charge in [-0.05, 0) is 31.2 Å². The molecule has 1 unspecified atom stereocenters. The van der Waals surface area contributed by atoms with Crippen molar-refractivity contribution < 1.29 is 9.53 Å². The van der Waals surface area contributed by atoms with Gasteiger partial charge in [-0.1, -0.05) is 11.3 Å². The average Bonchev–Trinajstić information content (AvgIpc) is 3.16. The molecule has 0 spiro atoms. The van der Waals surface area contributed by atoms with Crippen molar-refractivity contribution in [2.75, 3.05) is 25.1 Å². The largest absolute Gasteiger partial charge is 0.497 e. The molecule has 7 heteroatoms. The van der Waals surface area contributed by atoms with Crippen LogP contribution < -0.4 is 15.0 Å². The highest BCUT2D eigenvalue weighted by Crippen LogP contribution is 2.32. The standard InChI is InChI=1S/C14H14N4O2S/c1-20-10-2-3-11-12(6-10)21-14(17-11)18(8-15)13(19)9-4-5-16-7-9/h2-3,6,9,16H,4-5,7H2,1H3. The first kappa shape index (κ1) is 13.8. The van der Waals surface area contributed by atoms with E-state index in [1.54, 1.807) is 7.11 Å². The van der Waals surface area contributed by atoms with Gasteiger partial charge < -0.3 is 10.1 Å². The zero-order chi connectivity index (χ0) is 14.8. The summed E-state index contributed by atoms with van der Waals surface area (Å²) in [6.07, 6.45) is 2.72. The number of nitrogens with zero attached hydrogens (tertiary/aromatic N) is 3. The van der Waals surface area contributed by atoms with Crippen LogP contribution in [0.1, 0.15) is 6.42 Å². The Hall–Kier alpha value is -2.17. The van der Waals surface area contributed by atoms with Crippen molar-refractivity contribution in [3.63, 3.8) is 0 Å². The first-order chi connectivity index (χ1) is 10.2. The van der Waals surface area contributed by atoms with Crippen LogP contribution in [-0.4, -0.2) is 31.1 Å². The third-order valence-corrected chi connectivity index (χ3v) is 4.51. The summed E-state index contributed by atoms with van der Waals surface area (Å²) < 4.78 is 6.06. The second kappa shape index (κ2) is 5.68. The lowest BCUT2D eigenvalue weighted by atomic mass is 10.1. The van der Waals surface area contributed by atoms with Crippen LogP contribution in [-0.2, 0) is 4.79 Å². The average molecular weight is 302 g/mol. The van der Waals surface area contributed by atoms with Crippen LogP contribution in [0.5, 0.6) is 5.75 Å². The van der Waals surface area contributed by atoms with Crippen LogP contribution in [0, 0.1) is 17.4 Å². The summed E-state index contributed by atoms with van der Waals surface area (Å²) in [5, 5.41) is 12.9. The van der Waals surface area contributed by atoms with Gasteiger partial charge in [0, 0.05) is 6.54 Å². The maximum absolute atomic E-state index is 12.4. The summed E-state index contributed by atoms with van der Waals surface area (Å²) >= 11 is 1.32. The van der Waals surface area contributed by atoms with Crippen LogP contribution in [0.25, 0.3) is 10.2 Å². The van der Waals surface area contributed by atoms with Crippen LogP contribution in [0.15, 0.2) is 18.2 Å². The van der Waals surface area contributed by atoms with E-state index in [2.05, 4.69) is 10.3 Å². The molecule has 0 bridgehead atoms. The number of amides is 1. The molecule has 1 N–H and O–H groups in total. The molecule has 0 aliphatic carbocycles. The lowest BCUT2D eigenvalue weighted by Gasteiger charge is -2.14. The van der Waals surface area contributed by atoms with E-state index in [9.17, 15) is 10.1 Å². The smallest absolute Gasteiger partial charge is 0.246 e. The Morgan fingerprint density at radius 3 is 3.14 bits per heavy atom. The van der Waals surface area contributed by atoms with E-state index in [0.29, 0.717) is 11.7 Å². The summed E-state index contributed by atoms with van der Waals surface area (Å²) in [6.45, 7) is 1.43. The summed E-state index contributed by atoms with van der Waals surface area (Å²) in [7, 11) is 1.60. The number of anilines is 1. The van der Waals surface area contributed by atoms with Crippen molar-refractivity contribution in [3.8, 4) is 11.9 Å². The molecule has 21 heavy (non-hydrogen) atoms. The molecule has 1 saturated heterocycles. The molecule has 108 valence electrons. The normalized spacial score (nSPS) is 17.6. The molecule has 1 aromatic carbocycles. The van der Waals surface area contributed by atoms with Gasteiger partial charge in [0.1, 0.15) is 5.75 Å². The lowest BCUT2D eigenvalue weighted by molar-refractivity contribution is -0.121. The van der Waals surface area contributed by atoms with E-state index in [0.717, 1.165) is 33.8 Å². The van der Waals surface area contributed by atoms with E-state index in [1.807, 2.05) is 24.4 Å². The van der Waals surface area contributed by atoms with Crippen molar-refractivity contribution in [2.45, 2.75) is 6.42 Å². The first-order valence-corrected chi connectivity index (χ1v) is 7.43. The van der Waals surface area contributed by atoms with Gasteiger partial charge in [-0.2, -0.15) is 10.2 Å². The van der Waals surface area contributed by atoms with E-state index in [-0.39, 0.29) is 11.8 Å². The Balaban J connectivity index is 1.93. The number of benzene rings is 1. The van der Waals surface area contributed by atoms with Gasteiger partial charge in [0.15, 0.2) is 6.19 Å². The fourth-order valence-corrected chi connectivity index (χ4v) is 3.31. The molecule has 1 atom stereocenters. The fraction of sp³-hybridized carbons (Fsp3) is 0.357. The molecule has 1 aliphatic rings.